The van der Waals surface area contributed by atoms with Gasteiger partial charge in [0.05, 0.1) is 13.2 Å². The predicted octanol–water partition coefficient (Wildman–Crippen LogP) is 2.62. The largest absolute Gasteiger partial charge is 0.491 e. The number of benzene rings is 2. The van der Waals surface area contributed by atoms with Gasteiger partial charge in [0.25, 0.3) is 0 Å². The van der Waals surface area contributed by atoms with E-state index in [1.807, 2.05) is 54.6 Å². The normalized spacial score (nSPS) is 10.3. The fraction of sp³-hybridized carbons (Fsp3) is 0.294. The van der Waals surface area contributed by atoms with Crippen molar-refractivity contribution in [3.63, 3.8) is 0 Å². The van der Waals surface area contributed by atoms with Crippen molar-refractivity contribution in [2.24, 2.45) is 5.73 Å². The zero-order valence-electron chi connectivity index (χ0n) is 12.0. The van der Waals surface area contributed by atoms with Gasteiger partial charge in [-0.25, -0.2) is 0 Å². The standard InChI is InChI=1S/C17H21NO3/c18-10-11-19-12-13-20-16-6-8-17(9-7-16)21-14-15-4-2-1-3-5-15/h1-9H,10-14,18H2. The molecule has 2 N–H and O–H groups in total. The van der Waals surface area contributed by atoms with Crippen LogP contribution in [0.4, 0.5) is 0 Å². The number of hydrogen-bond donors (Lipinski definition) is 1. The van der Waals surface area contributed by atoms with Crippen LogP contribution < -0.4 is 15.2 Å². The lowest BCUT2D eigenvalue weighted by Crippen LogP contribution is -2.13. The Morgan fingerprint density at radius 1 is 0.714 bits per heavy atom. The molecule has 4 heteroatoms. The summed E-state index contributed by atoms with van der Waals surface area (Å²) in [4.78, 5) is 0. The third-order valence-electron chi connectivity index (χ3n) is 2.83. The van der Waals surface area contributed by atoms with Crippen LogP contribution in [0.15, 0.2) is 54.6 Å². The third-order valence-corrected chi connectivity index (χ3v) is 2.83. The summed E-state index contributed by atoms with van der Waals surface area (Å²) in [6.07, 6.45) is 0. The molecule has 0 fully saturated rings. The van der Waals surface area contributed by atoms with Gasteiger partial charge in [-0.3, -0.25) is 0 Å². The lowest BCUT2D eigenvalue weighted by Gasteiger charge is -2.09. The molecule has 4 nitrogen and oxygen atoms in total. The fourth-order valence-electron chi connectivity index (χ4n) is 1.78. The quantitative estimate of drug-likeness (QED) is 0.720. The monoisotopic (exact) mass is 287 g/mol. The van der Waals surface area contributed by atoms with Gasteiger partial charge in [0.1, 0.15) is 24.7 Å². The summed E-state index contributed by atoms with van der Waals surface area (Å²) < 4.78 is 16.5. The molecule has 0 aromatic heterocycles. The first-order valence-electron chi connectivity index (χ1n) is 7.06. The van der Waals surface area contributed by atoms with E-state index in [-0.39, 0.29) is 0 Å². The molecule has 0 aliphatic carbocycles. The first-order chi connectivity index (χ1) is 10.4. The third kappa shape index (κ3) is 5.85. The van der Waals surface area contributed by atoms with Gasteiger partial charge in [0, 0.05) is 6.54 Å². The van der Waals surface area contributed by atoms with Crippen molar-refractivity contribution in [2.75, 3.05) is 26.4 Å². The van der Waals surface area contributed by atoms with Crippen molar-refractivity contribution in [3.05, 3.63) is 60.2 Å². The highest BCUT2D eigenvalue weighted by Crippen LogP contribution is 2.18. The van der Waals surface area contributed by atoms with E-state index in [4.69, 9.17) is 19.9 Å². The van der Waals surface area contributed by atoms with Crippen LogP contribution in [0.2, 0.25) is 0 Å². The van der Waals surface area contributed by atoms with Crippen LogP contribution in [0.5, 0.6) is 11.5 Å². The van der Waals surface area contributed by atoms with Crippen LogP contribution >= 0.6 is 0 Å². The Morgan fingerprint density at radius 2 is 1.38 bits per heavy atom. The molecule has 0 radical (unpaired) electrons. The highest BCUT2D eigenvalue weighted by atomic mass is 16.5. The van der Waals surface area contributed by atoms with E-state index < -0.39 is 0 Å². The van der Waals surface area contributed by atoms with Crippen LogP contribution in [0.1, 0.15) is 5.56 Å². The molecule has 0 unspecified atom stereocenters. The molecule has 0 bridgehead atoms. The smallest absolute Gasteiger partial charge is 0.120 e. The van der Waals surface area contributed by atoms with E-state index in [1.165, 1.54) is 0 Å². The van der Waals surface area contributed by atoms with Gasteiger partial charge < -0.3 is 19.9 Å². The fourth-order valence-corrected chi connectivity index (χ4v) is 1.78. The van der Waals surface area contributed by atoms with Crippen molar-refractivity contribution in [1.29, 1.82) is 0 Å². The molecule has 112 valence electrons. The average Bonchev–Trinajstić information content (AvgIpc) is 2.55. The van der Waals surface area contributed by atoms with Gasteiger partial charge in [-0.15, -0.1) is 0 Å². The second-order valence-electron chi connectivity index (χ2n) is 4.50. The molecule has 0 heterocycles. The number of nitrogens with two attached hydrogens (primary N) is 1. The average molecular weight is 287 g/mol. The maximum absolute atomic E-state index is 5.71. The van der Waals surface area contributed by atoms with Gasteiger partial charge in [0.2, 0.25) is 0 Å². The Bertz CT molecular complexity index is 499. The van der Waals surface area contributed by atoms with Gasteiger partial charge in [-0.1, -0.05) is 30.3 Å². The molecule has 2 aromatic carbocycles. The first kappa shape index (κ1) is 15.4. The van der Waals surface area contributed by atoms with Crippen molar-refractivity contribution >= 4 is 0 Å². The van der Waals surface area contributed by atoms with E-state index >= 15 is 0 Å². The molecular weight excluding hydrogens is 266 g/mol. The van der Waals surface area contributed by atoms with E-state index in [9.17, 15) is 0 Å². The highest BCUT2D eigenvalue weighted by molar-refractivity contribution is 5.31. The van der Waals surface area contributed by atoms with E-state index in [0.29, 0.717) is 33.0 Å². The lowest BCUT2D eigenvalue weighted by atomic mass is 10.2. The van der Waals surface area contributed by atoms with Crippen molar-refractivity contribution in [2.45, 2.75) is 6.61 Å². The molecule has 0 aliphatic heterocycles. The molecule has 0 saturated carbocycles. The molecular formula is C17H21NO3. The minimum atomic E-state index is 0.518. The summed E-state index contributed by atoms with van der Waals surface area (Å²) in [7, 11) is 0. The van der Waals surface area contributed by atoms with Gasteiger partial charge in [-0.05, 0) is 29.8 Å². The second-order valence-corrected chi connectivity index (χ2v) is 4.50. The van der Waals surface area contributed by atoms with Gasteiger partial charge in [0.15, 0.2) is 0 Å². The number of ether oxygens (including phenoxy) is 3. The topological polar surface area (TPSA) is 53.7 Å². The summed E-state index contributed by atoms with van der Waals surface area (Å²) in [6.45, 7) is 2.73. The summed E-state index contributed by atoms with van der Waals surface area (Å²) >= 11 is 0. The summed E-state index contributed by atoms with van der Waals surface area (Å²) in [5, 5.41) is 0. The number of rotatable bonds is 9. The maximum Gasteiger partial charge on any atom is 0.120 e. The van der Waals surface area contributed by atoms with Crippen LogP contribution in [0, 0.1) is 0 Å². The minimum absolute atomic E-state index is 0.518. The Balaban J connectivity index is 1.71. The minimum Gasteiger partial charge on any atom is -0.491 e. The SMILES string of the molecule is NCCOCCOc1ccc(OCc2ccccc2)cc1. The van der Waals surface area contributed by atoms with Crippen molar-refractivity contribution in [3.8, 4) is 11.5 Å². The Kier molecular flexibility index (Phi) is 6.58. The van der Waals surface area contributed by atoms with Crippen LogP contribution in [-0.2, 0) is 11.3 Å². The van der Waals surface area contributed by atoms with E-state index in [2.05, 4.69) is 0 Å². The molecule has 2 rings (SSSR count). The number of hydrogen-bond acceptors (Lipinski definition) is 4. The molecule has 0 saturated heterocycles. The van der Waals surface area contributed by atoms with Gasteiger partial charge in [-0.2, -0.15) is 0 Å². The maximum atomic E-state index is 5.71. The molecule has 0 amide bonds. The van der Waals surface area contributed by atoms with E-state index in [0.717, 1.165) is 17.1 Å². The van der Waals surface area contributed by atoms with Crippen molar-refractivity contribution < 1.29 is 14.2 Å². The summed E-state index contributed by atoms with van der Waals surface area (Å²) in [6, 6.07) is 17.7. The highest BCUT2D eigenvalue weighted by Gasteiger charge is 1.98. The molecule has 2 aromatic rings. The van der Waals surface area contributed by atoms with Crippen LogP contribution in [-0.4, -0.2) is 26.4 Å². The van der Waals surface area contributed by atoms with Crippen LogP contribution in [0.25, 0.3) is 0 Å². The van der Waals surface area contributed by atoms with Crippen molar-refractivity contribution in [1.82, 2.24) is 0 Å². The molecule has 21 heavy (non-hydrogen) atoms. The Morgan fingerprint density at radius 3 is 2.05 bits per heavy atom. The zero-order chi connectivity index (χ0) is 14.8. The lowest BCUT2D eigenvalue weighted by molar-refractivity contribution is 0.106. The van der Waals surface area contributed by atoms with Crippen LogP contribution in [0.3, 0.4) is 0 Å². The molecule has 0 aliphatic rings. The zero-order valence-corrected chi connectivity index (χ0v) is 12.0. The predicted molar refractivity (Wildman–Crippen MR) is 82.6 cm³/mol. The summed E-state index contributed by atoms with van der Waals surface area (Å²) in [5.74, 6) is 1.63. The van der Waals surface area contributed by atoms with Gasteiger partial charge >= 0.3 is 0 Å². The Hall–Kier alpha value is -2.04. The summed E-state index contributed by atoms with van der Waals surface area (Å²) in [5.41, 5.74) is 6.48. The van der Waals surface area contributed by atoms with E-state index in [1.54, 1.807) is 0 Å². The molecule has 0 atom stereocenters. The molecule has 0 spiro atoms. The Labute approximate surface area is 125 Å². The second kappa shape index (κ2) is 9.00. The first-order valence-corrected chi connectivity index (χ1v) is 7.06.